The molecular weight excluding hydrogens is 454 g/mol. The smallest absolute Gasteiger partial charge is 0.337 e. The topological polar surface area (TPSA) is 98.5 Å². The zero-order chi connectivity index (χ0) is 26.1. The first-order valence-corrected chi connectivity index (χ1v) is 12.2. The number of aromatic carboxylic acids is 1. The van der Waals surface area contributed by atoms with Crippen LogP contribution in [-0.4, -0.2) is 46.5 Å². The second-order valence-corrected chi connectivity index (χ2v) is 8.75. The van der Waals surface area contributed by atoms with Crippen molar-refractivity contribution >= 4 is 40.9 Å². The number of carbonyl (C=O) groups excluding carboxylic acids is 1. The Morgan fingerprint density at radius 2 is 1.83 bits per heavy atom. The van der Waals surface area contributed by atoms with E-state index in [9.17, 15) is 9.59 Å². The maximum Gasteiger partial charge on any atom is 0.337 e. The molecule has 0 bridgehead atoms. The van der Waals surface area contributed by atoms with Crippen molar-refractivity contribution in [3.63, 3.8) is 0 Å². The van der Waals surface area contributed by atoms with Crippen molar-refractivity contribution in [2.75, 3.05) is 23.0 Å². The molecule has 8 nitrogen and oxygen atoms in total. The number of carbonyl (C=O) groups is 2. The van der Waals surface area contributed by atoms with Gasteiger partial charge in [0, 0.05) is 31.2 Å². The number of aliphatic imine (C=N–C) groups is 1. The Balaban J connectivity index is 1.74. The maximum atomic E-state index is 13.1. The summed E-state index contributed by atoms with van der Waals surface area (Å²) in [4.78, 5) is 35.0. The van der Waals surface area contributed by atoms with Crippen molar-refractivity contribution < 1.29 is 14.7 Å². The lowest BCUT2D eigenvalue weighted by Gasteiger charge is -2.20. The minimum Gasteiger partial charge on any atom is -0.478 e. The molecule has 0 radical (unpaired) electrons. The van der Waals surface area contributed by atoms with Crippen LogP contribution in [0, 0.1) is 5.92 Å². The molecule has 0 spiro atoms. The van der Waals surface area contributed by atoms with Crippen molar-refractivity contribution in [1.29, 1.82) is 0 Å². The van der Waals surface area contributed by atoms with Gasteiger partial charge in [0.1, 0.15) is 0 Å². The molecule has 3 rings (SSSR count). The SMILES string of the molecule is CCN(CC)c1ccc(/C=C/C=C/N=C2\C(=O)N(c3ccc(C(=O)O)cn3)N=C2CCC(C)C)cc1. The van der Waals surface area contributed by atoms with Gasteiger partial charge >= 0.3 is 11.9 Å². The molecule has 0 atom stereocenters. The molecule has 0 saturated carbocycles. The summed E-state index contributed by atoms with van der Waals surface area (Å²) in [5.74, 6) is -0.764. The summed E-state index contributed by atoms with van der Waals surface area (Å²) in [5, 5.41) is 14.7. The van der Waals surface area contributed by atoms with Crippen LogP contribution in [0.3, 0.4) is 0 Å². The number of allylic oxidation sites excluding steroid dienone is 2. The summed E-state index contributed by atoms with van der Waals surface area (Å²) < 4.78 is 0. The van der Waals surface area contributed by atoms with Crippen molar-refractivity contribution in [3.8, 4) is 0 Å². The highest BCUT2D eigenvalue weighted by Gasteiger charge is 2.33. The highest BCUT2D eigenvalue weighted by atomic mass is 16.4. The Kier molecular flexibility index (Phi) is 9.27. The fourth-order valence-corrected chi connectivity index (χ4v) is 3.67. The van der Waals surface area contributed by atoms with E-state index in [1.165, 1.54) is 29.0 Å². The number of amides is 1. The molecule has 0 unspecified atom stereocenters. The van der Waals surface area contributed by atoms with Crippen LogP contribution >= 0.6 is 0 Å². The van der Waals surface area contributed by atoms with Crippen molar-refractivity contribution in [2.24, 2.45) is 16.0 Å². The van der Waals surface area contributed by atoms with Gasteiger partial charge in [-0.15, -0.1) is 0 Å². The third-order valence-corrected chi connectivity index (χ3v) is 5.77. The molecule has 1 amide bonds. The van der Waals surface area contributed by atoms with E-state index in [2.05, 4.69) is 71.9 Å². The molecule has 1 N–H and O–H groups in total. The molecule has 1 aliphatic rings. The Bertz CT molecular complexity index is 1170. The van der Waals surface area contributed by atoms with Gasteiger partial charge in [0.2, 0.25) is 0 Å². The monoisotopic (exact) mass is 487 g/mol. The predicted octanol–water partition coefficient (Wildman–Crippen LogP) is 5.43. The van der Waals surface area contributed by atoms with Crippen LogP contribution in [0.5, 0.6) is 0 Å². The van der Waals surface area contributed by atoms with E-state index in [0.717, 1.165) is 25.1 Å². The highest BCUT2D eigenvalue weighted by molar-refractivity contribution is 6.71. The van der Waals surface area contributed by atoms with Crippen LogP contribution in [0.1, 0.15) is 56.5 Å². The van der Waals surface area contributed by atoms with Gasteiger partial charge in [0.05, 0.1) is 11.3 Å². The van der Waals surface area contributed by atoms with Crippen LogP contribution in [0.15, 0.2) is 71.0 Å². The molecule has 1 aromatic heterocycles. The van der Waals surface area contributed by atoms with Crippen molar-refractivity contribution in [1.82, 2.24) is 4.98 Å². The van der Waals surface area contributed by atoms with Gasteiger partial charge in [-0.25, -0.2) is 14.8 Å². The summed E-state index contributed by atoms with van der Waals surface area (Å²) in [5.41, 5.74) is 3.18. The molecule has 1 aliphatic heterocycles. The van der Waals surface area contributed by atoms with Gasteiger partial charge in [-0.1, -0.05) is 38.1 Å². The number of carboxylic acids is 1. The molecule has 1 aromatic carbocycles. The first kappa shape index (κ1) is 26.5. The van der Waals surface area contributed by atoms with Gasteiger partial charge in [-0.2, -0.15) is 10.1 Å². The summed E-state index contributed by atoms with van der Waals surface area (Å²) in [6.07, 6.45) is 9.90. The Morgan fingerprint density at radius 3 is 2.42 bits per heavy atom. The standard InChI is InChI=1S/C28H33N5O3/c1-5-32(6-2)23-14-11-21(12-15-23)9-7-8-18-29-26-24(16-10-20(3)4)31-33(27(26)34)25-17-13-22(19-30-25)28(35)36/h7-9,11-15,17-20H,5-6,10,16H2,1-4H3,(H,35,36)/b9-7+,18-8+,29-26-. The number of anilines is 2. The zero-order valence-corrected chi connectivity index (χ0v) is 21.3. The molecule has 2 aromatic rings. The number of aromatic nitrogens is 1. The Labute approximate surface area is 212 Å². The molecule has 0 aliphatic carbocycles. The van der Waals surface area contributed by atoms with E-state index in [0.29, 0.717) is 18.1 Å². The summed E-state index contributed by atoms with van der Waals surface area (Å²) in [6.45, 7) is 10.4. The summed E-state index contributed by atoms with van der Waals surface area (Å²) in [6, 6.07) is 11.2. The molecule has 8 heteroatoms. The number of hydrogen-bond donors (Lipinski definition) is 1. The van der Waals surface area contributed by atoms with Crippen LogP contribution in [0.2, 0.25) is 0 Å². The van der Waals surface area contributed by atoms with Crippen LogP contribution in [0.25, 0.3) is 6.08 Å². The number of rotatable bonds is 11. The first-order chi connectivity index (χ1) is 17.3. The van der Waals surface area contributed by atoms with Crippen molar-refractivity contribution in [3.05, 3.63) is 72.1 Å². The fourth-order valence-electron chi connectivity index (χ4n) is 3.67. The van der Waals surface area contributed by atoms with E-state index < -0.39 is 5.97 Å². The molecule has 188 valence electrons. The average molecular weight is 488 g/mol. The predicted molar refractivity (Wildman–Crippen MR) is 146 cm³/mol. The van der Waals surface area contributed by atoms with Crippen LogP contribution < -0.4 is 9.91 Å². The zero-order valence-electron chi connectivity index (χ0n) is 21.3. The molecular formula is C28H33N5O3. The minimum absolute atomic E-state index is 0.0423. The number of hydrazone groups is 1. The van der Waals surface area contributed by atoms with E-state index in [1.807, 2.05) is 12.2 Å². The second kappa shape index (κ2) is 12.6. The third kappa shape index (κ3) is 6.75. The van der Waals surface area contributed by atoms with Gasteiger partial charge in [-0.3, -0.25) is 4.79 Å². The number of hydrogen-bond acceptors (Lipinski definition) is 6. The average Bonchev–Trinajstić information content (AvgIpc) is 3.19. The minimum atomic E-state index is -1.08. The molecule has 36 heavy (non-hydrogen) atoms. The normalized spacial score (nSPS) is 15.0. The highest BCUT2D eigenvalue weighted by Crippen LogP contribution is 2.21. The largest absolute Gasteiger partial charge is 0.478 e. The number of carboxylic acid groups (broad SMARTS) is 1. The van der Waals surface area contributed by atoms with Gasteiger partial charge in [0.15, 0.2) is 11.5 Å². The van der Waals surface area contributed by atoms with E-state index in [1.54, 1.807) is 12.3 Å². The van der Waals surface area contributed by atoms with Gasteiger partial charge < -0.3 is 10.0 Å². The summed E-state index contributed by atoms with van der Waals surface area (Å²) in [7, 11) is 0. The summed E-state index contributed by atoms with van der Waals surface area (Å²) >= 11 is 0. The molecule has 2 heterocycles. The second-order valence-electron chi connectivity index (χ2n) is 8.75. The lowest BCUT2D eigenvalue weighted by molar-refractivity contribution is -0.112. The number of nitrogens with zero attached hydrogens (tertiary/aromatic N) is 5. The number of benzene rings is 1. The van der Waals surface area contributed by atoms with Crippen molar-refractivity contribution in [2.45, 2.75) is 40.5 Å². The molecule has 0 saturated heterocycles. The van der Waals surface area contributed by atoms with Gasteiger partial charge in [-0.05, 0) is 68.5 Å². The van der Waals surface area contributed by atoms with Gasteiger partial charge in [0.25, 0.3) is 0 Å². The van der Waals surface area contributed by atoms with E-state index in [-0.39, 0.29) is 23.0 Å². The quantitative estimate of drug-likeness (QED) is 0.426. The Morgan fingerprint density at radius 1 is 1.11 bits per heavy atom. The third-order valence-electron chi connectivity index (χ3n) is 5.77. The fraction of sp³-hybridized carbons (Fsp3) is 0.321. The number of pyridine rings is 1. The van der Waals surface area contributed by atoms with Crippen LogP contribution in [0.4, 0.5) is 11.5 Å². The maximum absolute atomic E-state index is 13.1. The van der Waals surface area contributed by atoms with Crippen LogP contribution in [-0.2, 0) is 4.79 Å². The van der Waals surface area contributed by atoms with E-state index in [4.69, 9.17) is 5.11 Å². The first-order valence-electron chi connectivity index (χ1n) is 12.2. The van der Waals surface area contributed by atoms with E-state index >= 15 is 0 Å². The lowest BCUT2D eigenvalue weighted by atomic mass is 10.0. The Hall–Kier alpha value is -4.07. The lowest BCUT2D eigenvalue weighted by Crippen LogP contribution is -2.28. The molecule has 0 fully saturated rings.